The molecular formula is C17H17FO2. The Morgan fingerprint density at radius 3 is 2.75 bits per heavy atom. The molecule has 1 aliphatic rings. The lowest BCUT2D eigenvalue weighted by Gasteiger charge is -2.11. The lowest BCUT2D eigenvalue weighted by molar-refractivity contribution is 0.167. The smallest absolute Gasteiger partial charge is 0.123 e. The maximum absolute atomic E-state index is 12.8. The molecular weight excluding hydrogens is 255 g/mol. The molecule has 1 N–H and O–H groups in total. The molecule has 0 bridgehead atoms. The molecule has 104 valence electrons. The zero-order valence-corrected chi connectivity index (χ0v) is 11.2. The van der Waals surface area contributed by atoms with Crippen LogP contribution in [0.3, 0.4) is 0 Å². The van der Waals surface area contributed by atoms with Gasteiger partial charge >= 0.3 is 0 Å². The molecule has 2 nitrogen and oxygen atoms in total. The molecule has 3 rings (SSSR count). The van der Waals surface area contributed by atoms with Crippen LogP contribution in [0, 0.1) is 5.82 Å². The first kappa shape index (κ1) is 13.1. The van der Waals surface area contributed by atoms with E-state index in [0.29, 0.717) is 6.42 Å². The lowest BCUT2D eigenvalue weighted by atomic mass is 9.99. The van der Waals surface area contributed by atoms with E-state index in [9.17, 15) is 9.50 Å². The van der Waals surface area contributed by atoms with Crippen molar-refractivity contribution in [3.05, 3.63) is 65.0 Å². The van der Waals surface area contributed by atoms with E-state index in [-0.39, 0.29) is 5.82 Å². The van der Waals surface area contributed by atoms with Crippen molar-refractivity contribution in [1.82, 2.24) is 0 Å². The highest BCUT2D eigenvalue weighted by Crippen LogP contribution is 2.27. The van der Waals surface area contributed by atoms with Crippen LogP contribution < -0.4 is 4.74 Å². The van der Waals surface area contributed by atoms with E-state index in [2.05, 4.69) is 6.07 Å². The van der Waals surface area contributed by atoms with Crippen molar-refractivity contribution in [3.63, 3.8) is 0 Å². The van der Waals surface area contributed by atoms with Gasteiger partial charge in [-0.25, -0.2) is 4.39 Å². The second kappa shape index (κ2) is 5.63. The molecule has 1 heterocycles. The van der Waals surface area contributed by atoms with Crippen LogP contribution in [0.25, 0.3) is 0 Å². The van der Waals surface area contributed by atoms with Gasteiger partial charge in [0.25, 0.3) is 0 Å². The first-order valence-electron chi connectivity index (χ1n) is 6.90. The average molecular weight is 272 g/mol. The van der Waals surface area contributed by atoms with Crippen LogP contribution in [0.15, 0.2) is 42.5 Å². The van der Waals surface area contributed by atoms with E-state index in [4.69, 9.17) is 4.74 Å². The number of aryl methyl sites for hydroxylation is 1. The SMILES string of the molecule is OC(CCc1ccc2c(c1)CCO2)c1ccc(F)cc1. The molecule has 0 spiro atoms. The van der Waals surface area contributed by atoms with Gasteiger partial charge in [0.15, 0.2) is 0 Å². The summed E-state index contributed by atoms with van der Waals surface area (Å²) in [7, 11) is 0. The molecule has 0 saturated heterocycles. The Morgan fingerprint density at radius 2 is 1.95 bits per heavy atom. The van der Waals surface area contributed by atoms with Gasteiger partial charge in [0, 0.05) is 6.42 Å². The van der Waals surface area contributed by atoms with Crippen molar-refractivity contribution in [1.29, 1.82) is 0 Å². The highest BCUT2D eigenvalue weighted by Gasteiger charge is 2.13. The van der Waals surface area contributed by atoms with Crippen LogP contribution in [0.4, 0.5) is 4.39 Å². The first-order chi connectivity index (χ1) is 9.72. The van der Waals surface area contributed by atoms with Crippen LogP contribution in [-0.2, 0) is 12.8 Å². The van der Waals surface area contributed by atoms with Crippen LogP contribution in [-0.4, -0.2) is 11.7 Å². The van der Waals surface area contributed by atoms with Crippen LogP contribution >= 0.6 is 0 Å². The summed E-state index contributed by atoms with van der Waals surface area (Å²) in [6.45, 7) is 0.761. The molecule has 1 aliphatic heterocycles. The molecule has 0 fully saturated rings. The van der Waals surface area contributed by atoms with Gasteiger partial charge in [0.1, 0.15) is 11.6 Å². The summed E-state index contributed by atoms with van der Waals surface area (Å²) >= 11 is 0. The lowest BCUT2D eigenvalue weighted by Crippen LogP contribution is -2.00. The van der Waals surface area contributed by atoms with E-state index in [1.807, 2.05) is 12.1 Å². The minimum Gasteiger partial charge on any atom is -0.493 e. The minimum absolute atomic E-state index is 0.278. The van der Waals surface area contributed by atoms with Crippen LogP contribution in [0.5, 0.6) is 5.75 Å². The zero-order chi connectivity index (χ0) is 13.9. The normalized spacial score (nSPS) is 14.7. The van der Waals surface area contributed by atoms with Gasteiger partial charge < -0.3 is 9.84 Å². The average Bonchev–Trinajstić information content (AvgIpc) is 2.93. The number of hydrogen-bond acceptors (Lipinski definition) is 2. The molecule has 0 aliphatic carbocycles. The number of halogens is 1. The maximum atomic E-state index is 12.8. The van der Waals surface area contributed by atoms with Crippen molar-refractivity contribution in [2.24, 2.45) is 0 Å². The molecule has 0 aromatic heterocycles. The third-order valence-corrected chi connectivity index (χ3v) is 3.72. The maximum Gasteiger partial charge on any atom is 0.123 e. The topological polar surface area (TPSA) is 29.5 Å². The van der Waals surface area contributed by atoms with Gasteiger partial charge in [-0.05, 0) is 47.7 Å². The summed E-state index contributed by atoms with van der Waals surface area (Å²) < 4.78 is 18.3. The van der Waals surface area contributed by atoms with E-state index < -0.39 is 6.10 Å². The Kier molecular flexibility index (Phi) is 3.70. The third kappa shape index (κ3) is 2.83. The predicted octanol–water partition coefficient (Wildman–Crippen LogP) is 3.43. The fraction of sp³-hybridized carbons (Fsp3) is 0.294. The van der Waals surface area contributed by atoms with E-state index in [1.165, 1.54) is 23.3 Å². The molecule has 0 amide bonds. The Morgan fingerprint density at radius 1 is 1.15 bits per heavy atom. The Bertz CT molecular complexity index is 592. The second-order valence-electron chi connectivity index (χ2n) is 5.15. The molecule has 2 aromatic rings. The summed E-state index contributed by atoms with van der Waals surface area (Å²) in [6, 6.07) is 12.2. The summed E-state index contributed by atoms with van der Waals surface area (Å²) in [5.74, 6) is 0.701. The van der Waals surface area contributed by atoms with Crippen LogP contribution in [0.1, 0.15) is 29.2 Å². The van der Waals surface area contributed by atoms with Crippen molar-refractivity contribution >= 4 is 0 Å². The number of rotatable bonds is 4. The Balaban J connectivity index is 1.63. The number of benzene rings is 2. The fourth-order valence-electron chi connectivity index (χ4n) is 2.55. The molecule has 0 saturated carbocycles. The third-order valence-electron chi connectivity index (χ3n) is 3.72. The highest BCUT2D eigenvalue weighted by molar-refractivity contribution is 5.39. The number of fused-ring (bicyclic) bond motifs is 1. The van der Waals surface area contributed by atoms with Crippen LogP contribution in [0.2, 0.25) is 0 Å². The molecule has 2 aromatic carbocycles. The Labute approximate surface area is 117 Å². The van der Waals surface area contributed by atoms with Gasteiger partial charge in [-0.15, -0.1) is 0 Å². The summed E-state index contributed by atoms with van der Waals surface area (Å²) in [5, 5.41) is 10.1. The number of ether oxygens (including phenoxy) is 1. The van der Waals surface area contributed by atoms with Gasteiger partial charge in [0.05, 0.1) is 12.7 Å². The van der Waals surface area contributed by atoms with Gasteiger partial charge in [0.2, 0.25) is 0 Å². The van der Waals surface area contributed by atoms with Crippen molar-refractivity contribution in [2.45, 2.75) is 25.4 Å². The summed E-state index contributed by atoms with van der Waals surface area (Å²) in [4.78, 5) is 0. The van der Waals surface area contributed by atoms with Crippen molar-refractivity contribution in [3.8, 4) is 5.75 Å². The van der Waals surface area contributed by atoms with Crippen molar-refractivity contribution < 1.29 is 14.2 Å². The van der Waals surface area contributed by atoms with Gasteiger partial charge in [-0.1, -0.05) is 24.3 Å². The zero-order valence-electron chi connectivity index (χ0n) is 11.2. The standard InChI is InChI=1S/C17H17FO2/c18-15-5-3-13(4-6-15)16(19)7-1-12-2-8-17-14(11-12)9-10-20-17/h2-6,8,11,16,19H,1,7,9-10H2. The molecule has 3 heteroatoms. The summed E-state index contributed by atoms with van der Waals surface area (Å²) in [5.41, 5.74) is 3.21. The monoisotopic (exact) mass is 272 g/mol. The van der Waals surface area contributed by atoms with Crippen molar-refractivity contribution in [2.75, 3.05) is 6.61 Å². The summed E-state index contributed by atoms with van der Waals surface area (Å²) in [6.07, 6.45) is 1.83. The van der Waals surface area contributed by atoms with Gasteiger partial charge in [-0.3, -0.25) is 0 Å². The van der Waals surface area contributed by atoms with Gasteiger partial charge in [-0.2, -0.15) is 0 Å². The number of aliphatic hydroxyl groups is 1. The minimum atomic E-state index is -0.555. The van der Waals surface area contributed by atoms with E-state index >= 15 is 0 Å². The molecule has 1 atom stereocenters. The quantitative estimate of drug-likeness (QED) is 0.924. The molecule has 1 unspecified atom stereocenters. The van der Waals surface area contributed by atoms with E-state index in [0.717, 1.165) is 30.8 Å². The fourth-order valence-corrected chi connectivity index (χ4v) is 2.55. The van der Waals surface area contributed by atoms with E-state index in [1.54, 1.807) is 12.1 Å². The largest absolute Gasteiger partial charge is 0.493 e. The number of aliphatic hydroxyl groups excluding tert-OH is 1. The highest BCUT2D eigenvalue weighted by atomic mass is 19.1. The first-order valence-corrected chi connectivity index (χ1v) is 6.90. The predicted molar refractivity (Wildman–Crippen MR) is 75.3 cm³/mol. The molecule has 20 heavy (non-hydrogen) atoms. The number of hydrogen-bond donors (Lipinski definition) is 1. The second-order valence-corrected chi connectivity index (χ2v) is 5.15. The Hall–Kier alpha value is -1.87. The molecule has 0 radical (unpaired) electrons.